The van der Waals surface area contributed by atoms with E-state index in [0.29, 0.717) is 12.5 Å². The maximum Gasteiger partial charge on any atom is 0.194 e. The first-order chi connectivity index (χ1) is 9.74. The second-order valence-electron chi connectivity index (χ2n) is 5.25. The van der Waals surface area contributed by atoms with E-state index >= 15 is 0 Å². The summed E-state index contributed by atoms with van der Waals surface area (Å²) in [5.74, 6) is 1.60. The molecule has 0 saturated carbocycles. The molecule has 112 valence electrons. The first-order valence-corrected chi connectivity index (χ1v) is 7.25. The molecular formula is C14H25N5O. The molecule has 1 aromatic heterocycles. The van der Waals surface area contributed by atoms with Gasteiger partial charge in [0.2, 0.25) is 0 Å². The lowest BCUT2D eigenvalue weighted by Crippen LogP contribution is -2.40. The molecule has 1 aliphatic heterocycles. The third-order valence-electron chi connectivity index (χ3n) is 3.66. The first-order valence-electron chi connectivity index (χ1n) is 7.25. The Morgan fingerprint density at radius 2 is 2.50 bits per heavy atom. The van der Waals surface area contributed by atoms with E-state index < -0.39 is 0 Å². The molecule has 2 rings (SSSR count). The molecule has 2 heterocycles. The van der Waals surface area contributed by atoms with Crippen molar-refractivity contribution in [3.05, 3.63) is 17.5 Å². The van der Waals surface area contributed by atoms with Crippen LogP contribution in [0.25, 0.3) is 0 Å². The van der Waals surface area contributed by atoms with Gasteiger partial charge in [0.25, 0.3) is 0 Å². The fourth-order valence-corrected chi connectivity index (χ4v) is 2.52. The number of ether oxygens (including phenoxy) is 1. The molecule has 0 bridgehead atoms. The molecule has 0 spiro atoms. The first kappa shape index (κ1) is 14.8. The molecule has 0 radical (unpaired) electrons. The second kappa shape index (κ2) is 7.28. The van der Waals surface area contributed by atoms with E-state index in [0.717, 1.165) is 43.5 Å². The van der Waals surface area contributed by atoms with Crippen molar-refractivity contribution in [1.29, 1.82) is 0 Å². The molecule has 1 fully saturated rings. The summed E-state index contributed by atoms with van der Waals surface area (Å²) in [6.45, 7) is 8.56. The van der Waals surface area contributed by atoms with E-state index in [2.05, 4.69) is 27.3 Å². The Morgan fingerprint density at radius 1 is 1.65 bits per heavy atom. The maximum absolute atomic E-state index is 5.25. The van der Waals surface area contributed by atoms with Gasteiger partial charge in [-0.3, -0.25) is 5.10 Å². The van der Waals surface area contributed by atoms with Crippen LogP contribution in [-0.4, -0.2) is 54.4 Å². The molecule has 6 heteroatoms. The third-order valence-corrected chi connectivity index (χ3v) is 3.66. The van der Waals surface area contributed by atoms with E-state index in [9.17, 15) is 0 Å². The van der Waals surface area contributed by atoms with Crippen LogP contribution in [0, 0.1) is 12.8 Å². The van der Waals surface area contributed by atoms with Gasteiger partial charge in [-0.2, -0.15) is 5.10 Å². The number of aromatic amines is 1. The molecule has 1 saturated heterocycles. The topological polar surface area (TPSA) is 65.5 Å². The predicted molar refractivity (Wildman–Crippen MR) is 79.7 cm³/mol. The van der Waals surface area contributed by atoms with Crippen molar-refractivity contribution < 1.29 is 4.74 Å². The molecule has 20 heavy (non-hydrogen) atoms. The van der Waals surface area contributed by atoms with E-state index in [1.54, 1.807) is 7.11 Å². The van der Waals surface area contributed by atoms with Gasteiger partial charge in [0, 0.05) is 43.9 Å². The highest BCUT2D eigenvalue weighted by atomic mass is 16.5. The number of methoxy groups -OCH3 is 1. The molecular weight excluding hydrogens is 254 g/mol. The molecule has 6 nitrogen and oxygen atoms in total. The zero-order chi connectivity index (χ0) is 14.4. The summed E-state index contributed by atoms with van der Waals surface area (Å²) < 4.78 is 5.25. The van der Waals surface area contributed by atoms with Crippen LogP contribution in [0.15, 0.2) is 11.2 Å². The van der Waals surface area contributed by atoms with Crippen molar-refractivity contribution in [3.8, 4) is 0 Å². The Morgan fingerprint density at radius 3 is 3.15 bits per heavy atom. The average molecular weight is 279 g/mol. The molecule has 0 aromatic carbocycles. The number of aromatic nitrogens is 2. The summed E-state index contributed by atoms with van der Waals surface area (Å²) in [5, 5.41) is 10.4. The van der Waals surface area contributed by atoms with Crippen molar-refractivity contribution in [2.24, 2.45) is 10.9 Å². The highest BCUT2D eigenvalue weighted by molar-refractivity contribution is 5.80. The Labute approximate surface area is 120 Å². The molecule has 1 atom stereocenters. The maximum atomic E-state index is 5.25. The number of aliphatic imine (C=N–C) groups is 1. The molecule has 1 aromatic rings. The normalized spacial score (nSPS) is 19.6. The zero-order valence-corrected chi connectivity index (χ0v) is 12.6. The summed E-state index contributed by atoms with van der Waals surface area (Å²) in [4.78, 5) is 7.05. The summed E-state index contributed by atoms with van der Waals surface area (Å²) in [7, 11) is 1.77. The lowest BCUT2D eigenvalue weighted by molar-refractivity contribution is 0.157. The van der Waals surface area contributed by atoms with Crippen LogP contribution >= 0.6 is 0 Å². The smallest absolute Gasteiger partial charge is 0.194 e. The Balaban J connectivity index is 1.98. The van der Waals surface area contributed by atoms with Gasteiger partial charge in [-0.1, -0.05) is 0 Å². The Bertz CT molecular complexity index is 443. The van der Waals surface area contributed by atoms with Crippen molar-refractivity contribution >= 4 is 5.96 Å². The number of hydrogen-bond acceptors (Lipinski definition) is 3. The van der Waals surface area contributed by atoms with Gasteiger partial charge in [0.15, 0.2) is 5.96 Å². The van der Waals surface area contributed by atoms with Crippen molar-refractivity contribution in [1.82, 2.24) is 20.4 Å². The van der Waals surface area contributed by atoms with E-state index in [1.165, 1.54) is 6.42 Å². The molecule has 2 N–H and O–H groups in total. The number of aryl methyl sites for hydroxylation is 1. The number of hydrogen-bond donors (Lipinski definition) is 2. The minimum Gasteiger partial charge on any atom is -0.384 e. The van der Waals surface area contributed by atoms with Crippen LogP contribution in [0.2, 0.25) is 0 Å². The Hall–Kier alpha value is -1.56. The van der Waals surface area contributed by atoms with Crippen LogP contribution in [0.3, 0.4) is 0 Å². The van der Waals surface area contributed by atoms with Gasteiger partial charge in [0.1, 0.15) is 0 Å². The van der Waals surface area contributed by atoms with E-state index in [1.807, 2.05) is 13.1 Å². The molecule has 1 unspecified atom stereocenters. The van der Waals surface area contributed by atoms with Crippen molar-refractivity contribution in [3.63, 3.8) is 0 Å². The minimum absolute atomic E-state index is 0.611. The highest BCUT2D eigenvalue weighted by Crippen LogP contribution is 2.16. The molecule has 1 aliphatic rings. The fourth-order valence-electron chi connectivity index (χ4n) is 2.52. The lowest BCUT2D eigenvalue weighted by atomic mass is 10.1. The monoisotopic (exact) mass is 279 g/mol. The summed E-state index contributed by atoms with van der Waals surface area (Å²) in [6, 6.07) is 0. The number of nitrogens with one attached hydrogen (secondary N) is 2. The molecule has 0 amide bonds. The fraction of sp³-hybridized carbons (Fsp3) is 0.714. The number of nitrogens with zero attached hydrogens (tertiary/aromatic N) is 3. The summed E-state index contributed by atoms with van der Waals surface area (Å²) in [5.41, 5.74) is 2.23. The van der Waals surface area contributed by atoms with Gasteiger partial charge in [-0.15, -0.1) is 0 Å². The predicted octanol–water partition coefficient (Wildman–Crippen LogP) is 1.15. The van der Waals surface area contributed by atoms with Crippen LogP contribution in [0.1, 0.15) is 24.6 Å². The number of guanidine groups is 1. The number of rotatable bonds is 5. The number of likely N-dealkylation sites (tertiary alicyclic amines) is 1. The van der Waals surface area contributed by atoms with Crippen LogP contribution in [0.5, 0.6) is 0 Å². The quantitative estimate of drug-likeness (QED) is 0.627. The Kier molecular flexibility index (Phi) is 5.40. The largest absolute Gasteiger partial charge is 0.384 e. The van der Waals surface area contributed by atoms with Gasteiger partial charge < -0.3 is 15.0 Å². The number of H-pyrrole nitrogens is 1. The second-order valence-corrected chi connectivity index (χ2v) is 5.25. The van der Waals surface area contributed by atoms with Crippen LogP contribution < -0.4 is 5.32 Å². The van der Waals surface area contributed by atoms with Gasteiger partial charge >= 0.3 is 0 Å². The van der Waals surface area contributed by atoms with Gasteiger partial charge in [-0.25, -0.2) is 4.99 Å². The van der Waals surface area contributed by atoms with E-state index in [4.69, 9.17) is 9.73 Å². The van der Waals surface area contributed by atoms with Crippen molar-refractivity contribution in [2.75, 3.05) is 33.4 Å². The standard InChI is InChI=1S/C14H25N5O/c1-4-15-14(16-7-13-8-17-18-11(13)2)19-6-5-12(9-19)10-20-3/h8,12H,4-7,9-10H2,1-3H3,(H,15,16)(H,17,18). The van der Waals surface area contributed by atoms with Crippen LogP contribution in [-0.2, 0) is 11.3 Å². The van der Waals surface area contributed by atoms with E-state index in [-0.39, 0.29) is 0 Å². The van der Waals surface area contributed by atoms with Gasteiger partial charge in [0.05, 0.1) is 19.3 Å². The van der Waals surface area contributed by atoms with Crippen molar-refractivity contribution in [2.45, 2.75) is 26.8 Å². The zero-order valence-electron chi connectivity index (χ0n) is 12.6. The third kappa shape index (κ3) is 3.72. The minimum atomic E-state index is 0.611. The highest BCUT2D eigenvalue weighted by Gasteiger charge is 2.24. The molecule has 0 aliphatic carbocycles. The lowest BCUT2D eigenvalue weighted by Gasteiger charge is -2.21. The van der Waals surface area contributed by atoms with Gasteiger partial charge in [-0.05, 0) is 20.3 Å². The average Bonchev–Trinajstić information content (AvgIpc) is 3.05. The van der Waals surface area contributed by atoms with Crippen LogP contribution in [0.4, 0.5) is 0 Å². The summed E-state index contributed by atoms with van der Waals surface area (Å²) in [6.07, 6.45) is 3.02. The SMILES string of the molecule is CCNC(=NCc1cn[nH]c1C)N1CCC(COC)C1. The summed E-state index contributed by atoms with van der Waals surface area (Å²) >= 11 is 0.